The van der Waals surface area contributed by atoms with Gasteiger partial charge in [0.15, 0.2) is 0 Å². The molecule has 0 saturated carbocycles. The largest absolute Gasteiger partial charge is 0.0836 e. The summed E-state index contributed by atoms with van der Waals surface area (Å²) in [5, 5.41) is 0.737. The minimum absolute atomic E-state index is 0.142. The summed E-state index contributed by atoms with van der Waals surface area (Å²) in [6.45, 7) is 13.5. The van der Waals surface area contributed by atoms with E-state index in [0.717, 1.165) is 17.9 Å². The van der Waals surface area contributed by atoms with Crippen LogP contribution in [0.4, 0.5) is 0 Å². The van der Waals surface area contributed by atoms with Crippen molar-refractivity contribution >= 4 is 11.6 Å². The maximum Gasteiger partial charge on any atom is 0.0490 e. The first-order valence-electron chi connectivity index (χ1n) is 6.47. The molecule has 1 aromatic rings. The third-order valence-corrected chi connectivity index (χ3v) is 4.32. The normalized spacial score (nSPS) is 12.9. The van der Waals surface area contributed by atoms with Crippen LogP contribution in [0, 0.1) is 6.07 Å². The van der Waals surface area contributed by atoms with E-state index in [-0.39, 0.29) is 10.8 Å². The van der Waals surface area contributed by atoms with Crippen molar-refractivity contribution in [2.75, 3.05) is 0 Å². The van der Waals surface area contributed by atoms with Crippen LogP contribution in [0.5, 0.6) is 0 Å². The highest BCUT2D eigenvalue weighted by atomic mass is 35.5. The molecule has 1 radical (unpaired) electrons. The van der Waals surface area contributed by atoms with Gasteiger partial charge in [0.05, 0.1) is 0 Å². The summed E-state index contributed by atoms with van der Waals surface area (Å²) in [7, 11) is 0. The maximum atomic E-state index is 6.22. The standard InChI is InChI=1S/C16H24Cl/c1-7-15(3,4)12-9-13(11-14(17)10-12)16(5,6)8-2/h9-10H,7-8H2,1-6H3. The van der Waals surface area contributed by atoms with Crippen LogP contribution in [-0.2, 0) is 10.8 Å². The van der Waals surface area contributed by atoms with Crippen molar-refractivity contribution in [3.8, 4) is 0 Å². The van der Waals surface area contributed by atoms with E-state index in [1.165, 1.54) is 11.1 Å². The van der Waals surface area contributed by atoms with Gasteiger partial charge in [-0.3, -0.25) is 0 Å². The summed E-state index contributed by atoms with van der Waals surface area (Å²) < 4.78 is 0. The summed E-state index contributed by atoms with van der Waals surface area (Å²) in [6, 6.07) is 7.63. The Hall–Kier alpha value is -0.490. The fraction of sp³-hybridized carbons (Fsp3) is 0.625. The van der Waals surface area contributed by atoms with Crippen LogP contribution in [0.15, 0.2) is 12.1 Å². The van der Waals surface area contributed by atoms with Crippen LogP contribution >= 0.6 is 11.6 Å². The molecule has 0 N–H and O–H groups in total. The molecule has 0 unspecified atom stereocenters. The molecule has 95 valence electrons. The Morgan fingerprint density at radius 1 is 1.00 bits per heavy atom. The minimum atomic E-state index is 0.142. The van der Waals surface area contributed by atoms with Gasteiger partial charge in [-0.1, -0.05) is 59.2 Å². The van der Waals surface area contributed by atoms with Crippen molar-refractivity contribution < 1.29 is 0 Å². The van der Waals surface area contributed by atoms with E-state index in [1.54, 1.807) is 0 Å². The summed E-state index contributed by atoms with van der Waals surface area (Å²) in [6.07, 6.45) is 2.20. The van der Waals surface area contributed by atoms with Crippen molar-refractivity contribution in [1.29, 1.82) is 0 Å². The van der Waals surface area contributed by atoms with Gasteiger partial charge in [-0.05, 0) is 40.9 Å². The van der Waals surface area contributed by atoms with Gasteiger partial charge in [-0.15, -0.1) is 0 Å². The first-order valence-corrected chi connectivity index (χ1v) is 6.84. The quantitative estimate of drug-likeness (QED) is 0.661. The van der Waals surface area contributed by atoms with Crippen molar-refractivity contribution in [2.45, 2.75) is 65.2 Å². The Labute approximate surface area is 111 Å². The van der Waals surface area contributed by atoms with E-state index in [4.69, 9.17) is 11.6 Å². The van der Waals surface area contributed by atoms with Crippen molar-refractivity contribution in [2.24, 2.45) is 0 Å². The fourth-order valence-electron chi connectivity index (χ4n) is 1.68. The van der Waals surface area contributed by atoms with Gasteiger partial charge in [0, 0.05) is 11.1 Å². The van der Waals surface area contributed by atoms with E-state index in [0.29, 0.717) is 0 Å². The number of rotatable bonds is 4. The fourth-order valence-corrected chi connectivity index (χ4v) is 1.90. The zero-order valence-electron chi connectivity index (χ0n) is 11.9. The molecule has 0 bridgehead atoms. The molecule has 1 heteroatoms. The summed E-state index contributed by atoms with van der Waals surface area (Å²) in [4.78, 5) is 0. The van der Waals surface area contributed by atoms with E-state index < -0.39 is 0 Å². The molecule has 0 aliphatic rings. The molecule has 0 nitrogen and oxygen atoms in total. The molecule has 0 aliphatic heterocycles. The highest BCUT2D eigenvalue weighted by Crippen LogP contribution is 2.34. The van der Waals surface area contributed by atoms with Crippen LogP contribution in [-0.4, -0.2) is 0 Å². The zero-order valence-corrected chi connectivity index (χ0v) is 12.7. The molecule has 0 aromatic heterocycles. The van der Waals surface area contributed by atoms with Gasteiger partial charge in [-0.2, -0.15) is 0 Å². The lowest BCUT2D eigenvalue weighted by molar-refractivity contribution is 0.488. The Kier molecular flexibility index (Phi) is 4.30. The minimum Gasteiger partial charge on any atom is -0.0836 e. The Morgan fingerprint density at radius 3 is 2.00 bits per heavy atom. The van der Waals surface area contributed by atoms with Gasteiger partial charge in [-0.25, -0.2) is 0 Å². The molecule has 0 aliphatic carbocycles. The SMILES string of the molecule is CCC(C)(C)c1[c]c(Cl)cc(C(C)(C)CC)c1. The number of halogens is 1. The third kappa shape index (κ3) is 3.25. The van der Waals surface area contributed by atoms with Crippen molar-refractivity contribution in [3.05, 3.63) is 34.3 Å². The number of hydrogen-bond acceptors (Lipinski definition) is 0. The second kappa shape index (κ2) is 5.02. The Morgan fingerprint density at radius 2 is 1.53 bits per heavy atom. The van der Waals surface area contributed by atoms with E-state index in [1.807, 2.05) is 0 Å². The second-order valence-corrected chi connectivity index (χ2v) is 6.51. The van der Waals surface area contributed by atoms with Crippen LogP contribution in [0.3, 0.4) is 0 Å². The number of hydrogen-bond donors (Lipinski definition) is 0. The van der Waals surface area contributed by atoms with E-state index in [9.17, 15) is 0 Å². The lowest BCUT2D eigenvalue weighted by atomic mass is 9.77. The first-order chi connectivity index (χ1) is 7.73. The number of benzene rings is 1. The van der Waals surface area contributed by atoms with E-state index >= 15 is 0 Å². The topological polar surface area (TPSA) is 0 Å². The summed E-state index contributed by atoms with van der Waals surface area (Å²) in [5.74, 6) is 0. The highest BCUT2D eigenvalue weighted by Gasteiger charge is 2.24. The molecule has 0 amide bonds. The lowest BCUT2D eigenvalue weighted by Crippen LogP contribution is -2.20. The average molecular weight is 252 g/mol. The van der Waals surface area contributed by atoms with Gasteiger partial charge in [0.2, 0.25) is 0 Å². The van der Waals surface area contributed by atoms with Crippen LogP contribution in [0.1, 0.15) is 65.5 Å². The van der Waals surface area contributed by atoms with Gasteiger partial charge in [0.25, 0.3) is 0 Å². The summed E-state index contributed by atoms with van der Waals surface area (Å²) >= 11 is 6.22. The molecule has 1 rings (SSSR count). The predicted octanol–water partition coefficient (Wildman–Crippen LogP) is 5.52. The molecule has 0 heterocycles. The van der Waals surface area contributed by atoms with Crippen LogP contribution in [0.2, 0.25) is 5.02 Å². The smallest absolute Gasteiger partial charge is 0.0490 e. The van der Waals surface area contributed by atoms with Crippen LogP contribution < -0.4 is 0 Å². The van der Waals surface area contributed by atoms with Crippen molar-refractivity contribution in [3.63, 3.8) is 0 Å². The van der Waals surface area contributed by atoms with E-state index in [2.05, 4.69) is 59.7 Å². The highest BCUT2D eigenvalue weighted by molar-refractivity contribution is 6.30. The molecule has 0 spiro atoms. The molecular formula is C16H24Cl. The monoisotopic (exact) mass is 251 g/mol. The second-order valence-electron chi connectivity index (χ2n) is 6.11. The maximum absolute atomic E-state index is 6.22. The lowest BCUT2D eigenvalue weighted by Gasteiger charge is -2.28. The van der Waals surface area contributed by atoms with Gasteiger partial charge < -0.3 is 0 Å². The van der Waals surface area contributed by atoms with Gasteiger partial charge in [0.1, 0.15) is 0 Å². The molecule has 0 atom stereocenters. The summed E-state index contributed by atoms with van der Waals surface area (Å²) in [5.41, 5.74) is 2.87. The molecule has 1 aromatic carbocycles. The molecule has 0 saturated heterocycles. The Bertz CT molecular complexity index is 354. The van der Waals surface area contributed by atoms with Crippen molar-refractivity contribution in [1.82, 2.24) is 0 Å². The Balaban J connectivity index is 3.29. The third-order valence-electron chi connectivity index (χ3n) is 4.11. The molecule has 0 fully saturated rings. The zero-order chi connectivity index (χ0) is 13.3. The molecule has 17 heavy (non-hydrogen) atoms. The first kappa shape index (κ1) is 14.6. The molecular weight excluding hydrogens is 228 g/mol. The predicted molar refractivity (Wildman–Crippen MR) is 76.9 cm³/mol. The average Bonchev–Trinajstić information content (AvgIpc) is 2.28. The van der Waals surface area contributed by atoms with Gasteiger partial charge >= 0.3 is 0 Å². The van der Waals surface area contributed by atoms with Crippen LogP contribution in [0.25, 0.3) is 0 Å².